The molecule has 0 radical (unpaired) electrons. The zero-order chi connectivity index (χ0) is 26.6. The van der Waals surface area contributed by atoms with E-state index in [1.807, 2.05) is 0 Å². The molecular weight excluding hydrogens is 459 g/mol. The van der Waals surface area contributed by atoms with E-state index in [1.54, 1.807) is 41.5 Å². The Balaban J connectivity index is -0.000000196. The third-order valence-corrected chi connectivity index (χ3v) is 4.34. The second-order valence-corrected chi connectivity index (χ2v) is 8.54. The van der Waals surface area contributed by atoms with Crippen LogP contribution < -0.4 is 15.3 Å². The van der Waals surface area contributed by atoms with Gasteiger partial charge in [-0.25, -0.2) is 0 Å². The van der Waals surface area contributed by atoms with Crippen molar-refractivity contribution in [3.05, 3.63) is 0 Å². The molecule has 0 fully saturated rings. The van der Waals surface area contributed by atoms with Gasteiger partial charge in [-0.05, 0) is 38.5 Å². The van der Waals surface area contributed by atoms with Crippen molar-refractivity contribution < 1.29 is 44.1 Å². The van der Waals surface area contributed by atoms with Crippen LogP contribution in [0.1, 0.15) is 99.3 Å². The third kappa shape index (κ3) is 32.1. The predicted molar refractivity (Wildman–Crippen MR) is 122 cm³/mol. The number of carboxylic acids is 3. The smallest absolute Gasteiger partial charge is 0.550 e. The Labute approximate surface area is 213 Å². The molecule has 0 rings (SSSR count). The summed E-state index contributed by atoms with van der Waals surface area (Å²) in [7, 11) is 0. The van der Waals surface area contributed by atoms with Gasteiger partial charge in [0.15, 0.2) is 0 Å². The van der Waals surface area contributed by atoms with Crippen molar-refractivity contribution in [1.29, 1.82) is 0 Å². The van der Waals surface area contributed by atoms with Crippen LogP contribution in [0.2, 0.25) is 0 Å². The van der Waals surface area contributed by atoms with E-state index < -0.39 is 17.9 Å². The number of ketones is 3. The van der Waals surface area contributed by atoms with Crippen LogP contribution in [0.25, 0.3) is 0 Å². The molecule has 10 heteroatoms. The fourth-order valence-corrected chi connectivity index (χ4v) is 2.09. The molecule has 0 aliphatic heterocycles. The van der Waals surface area contributed by atoms with Gasteiger partial charge in [0.25, 0.3) is 0 Å². The summed E-state index contributed by atoms with van der Waals surface area (Å²) in [6.07, 6.45) is 2.22. The molecule has 9 nitrogen and oxygen atoms in total. The molecule has 0 atom stereocenters. The summed E-state index contributed by atoms with van der Waals surface area (Å²) in [5, 5.41) is 29.8. The minimum Gasteiger partial charge on any atom is -0.550 e. The molecular formula is C24H39AlO9. The molecule has 192 valence electrons. The largest absolute Gasteiger partial charge is 3.00 e. The number of rotatable bonds is 15. The molecule has 0 aliphatic carbocycles. The maximum absolute atomic E-state index is 10.9. The molecule has 0 saturated heterocycles. The van der Waals surface area contributed by atoms with E-state index in [-0.39, 0.29) is 71.7 Å². The Morgan fingerprint density at radius 2 is 0.618 bits per heavy atom. The Kier molecular flexibility index (Phi) is 27.8. The van der Waals surface area contributed by atoms with Gasteiger partial charge in [-0.2, -0.15) is 0 Å². The number of hydrogen-bond acceptors (Lipinski definition) is 9. The van der Waals surface area contributed by atoms with E-state index in [1.165, 1.54) is 0 Å². The first-order valence-corrected chi connectivity index (χ1v) is 11.3. The van der Waals surface area contributed by atoms with Crippen molar-refractivity contribution in [2.75, 3.05) is 0 Å². The average molecular weight is 499 g/mol. The molecule has 0 heterocycles. The second-order valence-electron chi connectivity index (χ2n) is 8.54. The monoisotopic (exact) mass is 498 g/mol. The number of hydrogen-bond donors (Lipinski definition) is 0. The number of carbonyl (C=O) groups excluding carboxylic acids is 6. The maximum Gasteiger partial charge on any atom is 3.00 e. The van der Waals surface area contributed by atoms with Gasteiger partial charge in [-0.3, -0.25) is 14.4 Å². The fraction of sp³-hybridized carbons (Fsp3) is 0.750. The molecule has 0 aromatic carbocycles. The summed E-state index contributed by atoms with van der Waals surface area (Å²) in [6, 6.07) is 0. The van der Waals surface area contributed by atoms with Gasteiger partial charge >= 0.3 is 17.4 Å². The van der Waals surface area contributed by atoms with Crippen molar-refractivity contribution in [2.24, 2.45) is 17.8 Å². The van der Waals surface area contributed by atoms with E-state index in [0.29, 0.717) is 38.5 Å². The number of carbonyl (C=O) groups is 6. The molecule has 0 aromatic rings. The van der Waals surface area contributed by atoms with Crippen LogP contribution in [0.3, 0.4) is 0 Å². The van der Waals surface area contributed by atoms with Crippen molar-refractivity contribution in [2.45, 2.75) is 99.3 Å². The van der Waals surface area contributed by atoms with Crippen LogP contribution in [0.4, 0.5) is 0 Å². The summed E-state index contributed by atoms with van der Waals surface area (Å²) >= 11 is 0. The third-order valence-electron chi connectivity index (χ3n) is 4.34. The Morgan fingerprint density at radius 1 is 0.441 bits per heavy atom. The molecule has 0 bridgehead atoms. The zero-order valence-corrected chi connectivity index (χ0v) is 22.5. The normalized spacial score (nSPS) is 9.79. The predicted octanol–water partition coefficient (Wildman–Crippen LogP) is 0.0143. The first-order valence-electron chi connectivity index (χ1n) is 11.3. The average Bonchev–Trinajstić information content (AvgIpc) is 2.67. The van der Waals surface area contributed by atoms with E-state index in [2.05, 4.69) is 0 Å². The van der Waals surface area contributed by atoms with Gasteiger partial charge < -0.3 is 29.7 Å². The van der Waals surface area contributed by atoms with Crippen LogP contribution in [0.5, 0.6) is 0 Å². The van der Waals surface area contributed by atoms with E-state index >= 15 is 0 Å². The summed E-state index contributed by atoms with van der Waals surface area (Å²) in [5.41, 5.74) is 0. The molecule has 0 spiro atoms. The topological polar surface area (TPSA) is 172 Å². The Bertz CT molecular complexity index is 540. The van der Waals surface area contributed by atoms with Gasteiger partial charge in [-0.15, -0.1) is 0 Å². The van der Waals surface area contributed by atoms with Crippen molar-refractivity contribution >= 4 is 52.6 Å². The fourth-order valence-electron chi connectivity index (χ4n) is 2.09. The van der Waals surface area contributed by atoms with Gasteiger partial charge in [0.1, 0.15) is 17.3 Å². The summed E-state index contributed by atoms with van der Waals surface area (Å²) in [4.78, 5) is 62.5. The SMILES string of the molecule is CC(C)C(=O)CCCC(=O)[O-].CC(C)C(=O)CCCC(=O)[O-].CC(C)C(=O)CCCC(=O)[O-].[Al+3]. The molecule has 0 aromatic heterocycles. The maximum atomic E-state index is 10.9. The van der Waals surface area contributed by atoms with Gasteiger partial charge in [-0.1, -0.05) is 41.5 Å². The first-order chi connectivity index (χ1) is 15.1. The Morgan fingerprint density at radius 3 is 0.735 bits per heavy atom. The number of carboxylic acid groups (broad SMARTS) is 3. The van der Waals surface area contributed by atoms with Crippen LogP contribution >= 0.6 is 0 Å². The standard InChI is InChI=1S/3C8H14O3.Al/c3*1-6(2)7(9)4-3-5-8(10)11;/h3*6H,3-5H2,1-2H3,(H,10,11);/q;;;+3/p-3. The van der Waals surface area contributed by atoms with Gasteiger partial charge in [0, 0.05) is 54.9 Å². The second kappa shape index (κ2) is 24.1. The summed E-state index contributed by atoms with van der Waals surface area (Å²) in [5.74, 6) is -2.86. The Hall–Kier alpha value is -2.05. The van der Waals surface area contributed by atoms with Crippen molar-refractivity contribution in [3.63, 3.8) is 0 Å². The molecule has 0 unspecified atom stereocenters. The molecule has 0 aliphatic rings. The molecule has 0 amide bonds. The molecule has 34 heavy (non-hydrogen) atoms. The van der Waals surface area contributed by atoms with Crippen LogP contribution in [-0.4, -0.2) is 52.6 Å². The quantitative estimate of drug-likeness (QED) is 0.282. The van der Waals surface area contributed by atoms with Crippen molar-refractivity contribution in [1.82, 2.24) is 0 Å². The van der Waals surface area contributed by atoms with E-state index in [4.69, 9.17) is 0 Å². The summed E-state index contributed by atoms with van der Waals surface area (Å²) < 4.78 is 0. The zero-order valence-electron chi connectivity index (χ0n) is 21.3. The minimum absolute atomic E-state index is 0. The summed E-state index contributed by atoms with van der Waals surface area (Å²) in [6.45, 7) is 10.8. The van der Waals surface area contributed by atoms with Gasteiger partial charge in [0.2, 0.25) is 0 Å². The number of aliphatic carboxylic acids is 3. The van der Waals surface area contributed by atoms with E-state index in [0.717, 1.165) is 0 Å². The van der Waals surface area contributed by atoms with Crippen LogP contribution in [0, 0.1) is 17.8 Å². The molecule has 0 N–H and O–H groups in total. The van der Waals surface area contributed by atoms with Crippen molar-refractivity contribution in [3.8, 4) is 0 Å². The van der Waals surface area contributed by atoms with Gasteiger partial charge in [0.05, 0.1) is 0 Å². The minimum atomic E-state index is -1.08. The molecule has 0 saturated carbocycles. The van der Waals surface area contributed by atoms with Crippen LogP contribution in [0.15, 0.2) is 0 Å². The van der Waals surface area contributed by atoms with E-state index in [9.17, 15) is 44.1 Å². The first kappa shape index (κ1) is 39.2. The number of Topliss-reactive ketones (excluding diaryl/α,β-unsaturated/α-hetero) is 3. The van der Waals surface area contributed by atoms with Crippen LogP contribution in [-0.2, 0) is 28.8 Å².